The second-order valence-corrected chi connectivity index (χ2v) is 5.85. The molecule has 0 amide bonds. The summed E-state index contributed by atoms with van der Waals surface area (Å²) in [5.74, 6) is -0.232. The number of aryl methyl sites for hydroxylation is 1. The number of hydrogen-bond donors (Lipinski definition) is 0. The number of halogens is 1. The van der Waals surface area contributed by atoms with Crippen molar-refractivity contribution in [1.29, 1.82) is 0 Å². The van der Waals surface area contributed by atoms with E-state index < -0.39 is 0 Å². The van der Waals surface area contributed by atoms with Crippen molar-refractivity contribution in [1.82, 2.24) is 0 Å². The Kier molecular flexibility index (Phi) is 6.47. The Morgan fingerprint density at radius 1 is 1.09 bits per heavy atom. The van der Waals surface area contributed by atoms with Crippen LogP contribution in [0.1, 0.15) is 42.9 Å². The summed E-state index contributed by atoms with van der Waals surface area (Å²) in [6.45, 7) is 2.21. The van der Waals surface area contributed by atoms with Crippen molar-refractivity contribution in [3.8, 4) is 0 Å². The molecule has 0 saturated carbocycles. The van der Waals surface area contributed by atoms with E-state index in [2.05, 4.69) is 31.2 Å². The fraction of sp³-hybridized carbons (Fsp3) is 0.250. The minimum atomic E-state index is -0.232. The molecular formula is C20H21FS. The molecule has 0 atom stereocenters. The van der Waals surface area contributed by atoms with Gasteiger partial charge in [0.1, 0.15) is 5.82 Å². The van der Waals surface area contributed by atoms with E-state index in [4.69, 9.17) is 12.2 Å². The van der Waals surface area contributed by atoms with Crippen molar-refractivity contribution < 1.29 is 4.39 Å². The van der Waals surface area contributed by atoms with E-state index in [1.165, 1.54) is 37.0 Å². The van der Waals surface area contributed by atoms with Gasteiger partial charge in [0.15, 0.2) is 0 Å². The summed E-state index contributed by atoms with van der Waals surface area (Å²) in [6.07, 6.45) is 8.58. The maximum Gasteiger partial charge on any atom is 0.123 e. The van der Waals surface area contributed by atoms with Crippen molar-refractivity contribution >= 4 is 23.2 Å². The van der Waals surface area contributed by atoms with Crippen LogP contribution in [0.5, 0.6) is 0 Å². The monoisotopic (exact) mass is 312 g/mol. The van der Waals surface area contributed by atoms with Crippen LogP contribution in [0.4, 0.5) is 4.39 Å². The summed E-state index contributed by atoms with van der Waals surface area (Å²) in [5, 5.41) is 0. The van der Waals surface area contributed by atoms with Crippen molar-refractivity contribution in [2.75, 3.05) is 0 Å². The van der Waals surface area contributed by atoms with Crippen molar-refractivity contribution in [3.63, 3.8) is 0 Å². The highest BCUT2D eigenvalue weighted by atomic mass is 32.1. The summed E-state index contributed by atoms with van der Waals surface area (Å²) in [6, 6.07) is 14.9. The number of rotatable bonds is 7. The van der Waals surface area contributed by atoms with Gasteiger partial charge in [0.25, 0.3) is 0 Å². The molecule has 0 aliphatic carbocycles. The average molecular weight is 312 g/mol. The van der Waals surface area contributed by atoms with Gasteiger partial charge in [0.2, 0.25) is 0 Å². The summed E-state index contributed by atoms with van der Waals surface area (Å²) in [7, 11) is 0. The number of benzene rings is 2. The third-order valence-corrected chi connectivity index (χ3v) is 3.96. The Balaban J connectivity index is 1.97. The van der Waals surface area contributed by atoms with E-state index in [1.54, 1.807) is 6.07 Å². The molecule has 2 aromatic carbocycles. The first-order chi connectivity index (χ1) is 10.7. The number of hydrogen-bond acceptors (Lipinski definition) is 1. The minimum Gasteiger partial charge on any atom is -0.207 e. The largest absolute Gasteiger partial charge is 0.207 e. The summed E-state index contributed by atoms with van der Waals surface area (Å²) in [4.78, 5) is 0.768. The highest BCUT2D eigenvalue weighted by molar-refractivity contribution is 7.81. The normalized spacial score (nSPS) is 11.0. The highest BCUT2D eigenvalue weighted by Crippen LogP contribution is 2.12. The molecule has 22 heavy (non-hydrogen) atoms. The molecular weight excluding hydrogens is 291 g/mol. The van der Waals surface area contributed by atoms with Crippen LogP contribution in [0, 0.1) is 5.82 Å². The van der Waals surface area contributed by atoms with Crippen LogP contribution in [-0.2, 0) is 6.42 Å². The molecule has 0 heterocycles. The summed E-state index contributed by atoms with van der Waals surface area (Å²) in [5.41, 5.74) is 3.20. The highest BCUT2D eigenvalue weighted by Gasteiger charge is 1.99. The third kappa shape index (κ3) is 5.19. The molecule has 2 rings (SSSR count). The molecule has 2 heteroatoms. The number of thiocarbonyl (C=S) groups is 1. The van der Waals surface area contributed by atoms with Crippen molar-refractivity contribution in [2.24, 2.45) is 0 Å². The van der Waals surface area contributed by atoms with Gasteiger partial charge in [-0.15, -0.1) is 0 Å². The topological polar surface area (TPSA) is 0 Å². The van der Waals surface area contributed by atoms with E-state index in [1.807, 2.05) is 18.2 Å². The van der Waals surface area contributed by atoms with Crippen LogP contribution < -0.4 is 0 Å². The zero-order valence-electron chi connectivity index (χ0n) is 12.9. The summed E-state index contributed by atoms with van der Waals surface area (Å²) < 4.78 is 13.1. The van der Waals surface area contributed by atoms with E-state index in [-0.39, 0.29) is 5.82 Å². The Morgan fingerprint density at radius 3 is 2.55 bits per heavy atom. The van der Waals surface area contributed by atoms with Crippen LogP contribution in [-0.4, -0.2) is 4.86 Å². The lowest BCUT2D eigenvalue weighted by molar-refractivity contribution is 0.627. The van der Waals surface area contributed by atoms with E-state index >= 15 is 0 Å². The lowest BCUT2D eigenvalue weighted by Crippen LogP contribution is -1.93. The van der Waals surface area contributed by atoms with Gasteiger partial charge in [-0.25, -0.2) is 4.39 Å². The molecule has 0 bridgehead atoms. The molecule has 0 unspecified atom stereocenters. The lowest BCUT2D eigenvalue weighted by Gasteiger charge is -2.03. The van der Waals surface area contributed by atoms with E-state index in [0.717, 1.165) is 22.4 Å². The van der Waals surface area contributed by atoms with Crippen LogP contribution in [0.3, 0.4) is 0 Å². The number of allylic oxidation sites excluding steroid dienone is 1. The quantitative estimate of drug-likeness (QED) is 0.262. The molecule has 0 spiro atoms. The molecule has 0 aliphatic rings. The van der Waals surface area contributed by atoms with Gasteiger partial charge in [-0.3, -0.25) is 0 Å². The maximum atomic E-state index is 13.1. The van der Waals surface area contributed by atoms with E-state index in [0.29, 0.717) is 0 Å². The Bertz CT molecular complexity index is 641. The third-order valence-electron chi connectivity index (χ3n) is 3.58. The standard InChI is InChI=1S/C20H21FS/c1-2-3-4-6-16-9-12-18(13-10-16)20(22)14-11-17-7-5-8-19(21)15-17/h5,7-15H,2-4,6H2,1H3. The number of unbranched alkanes of at least 4 members (excludes halogenated alkanes) is 2. The fourth-order valence-corrected chi connectivity index (χ4v) is 2.50. The maximum absolute atomic E-state index is 13.1. The molecule has 0 N–H and O–H groups in total. The molecule has 0 saturated heterocycles. The second-order valence-electron chi connectivity index (χ2n) is 5.41. The predicted molar refractivity (Wildman–Crippen MR) is 96.8 cm³/mol. The Hall–Kier alpha value is -1.80. The van der Waals surface area contributed by atoms with Crippen LogP contribution in [0.15, 0.2) is 54.6 Å². The van der Waals surface area contributed by atoms with Crippen LogP contribution in [0.2, 0.25) is 0 Å². The first kappa shape index (κ1) is 16.6. The van der Waals surface area contributed by atoms with Gasteiger partial charge in [0, 0.05) is 4.86 Å². The predicted octanol–water partition coefficient (Wildman–Crippen LogP) is 5.99. The molecule has 114 valence electrons. The first-order valence-electron chi connectivity index (χ1n) is 7.76. The van der Waals surface area contributed by atoms with Gasteiger partial charge in [-0.2, -0.15) is 0 Å². The lowest BCUT2D eigenvalue weighted by atomic mass is 10.0. The second kappa shape index (κ2) is 8.60. The van der Waals surface area contributed by atoms with Crippen molar-refractivity contribution in [3.05, 3.63) is 77.1 Å². The van der Waals surface area contributed by atoms with Crippen LogP contribution >= 0.6 is 12.2 Å². The van der Waals surface area contributed by atoms with E-state index in [9.17, 15) is 4.39 Å². The molecule has 0 aliphatic heterocycles. The zero-order valence-corrected chi connectivity index (χ0v) is 13.7. The molecule has 0 fully saturated rings. The minimum absolute atomic E-state index is 0.232. The van der Waals surface area contributed by atoms with Crippen LogP contribution in [0.25, 0.3) is 6.08 Å². The van der Waals surface area contributed by atoms with Gasteiger partial charge in [-0.1, -0.05) is 74.5 Å². The van der Waals surface area contributed by atoms with Gasteiger partial charge >= 0.3 is 0 Å². The van der Waals surface area contributed by atoms with Gasteiger partial charge < -0.3 is 0 Å². The molecule has 0 nitrogen and oxygen atoms in total. The molecule has 0 aromatic heterocycles. The Morgan fingerprint density at radius 2 is 1.86 bits per heavy atom. The Labute approximate surface area is 137 Å². The fourth-order valence-electron chi connectivity index (χ4n) is 2.29. The first-order valence-corrected chi connectivity index (χ1v) is 8.17. The average Bonchev–Trinajstić information content (AvgIpc) is 2.54. The molecule has 2 aromatic rings. The van der Waals surface area contributed by atoms with Crippen molar-refractivity contribution in [2.45, 2.75) is 32.6 Å². The van der Waals surface area contributed by atoms with Gasteiger partial charge in [0.05, 0.1) is 0 Å². The summed E-state index contributed by atoms with van der Waals surface area (Å²) >= 11 is 5.42. The van der Waals surface area contributed by atoms with Gasteiger partial charge in [-0.05, 0) is 47.7 Å². The smallest absolute Gasteiger partial charge is 0.123 e. The molecule has 0 radical (unpaired) electrons. The SMILES string of the molecule is CCCCCc1ccc(C(=S)C=Cc2cccc(F)c2)cc1. The zero-order chi connectivity index (χ0) is 15.8.